The Morgan fingerprint density at radius 2 is 2.08 bits per heavy atom. The van der Waals surface area contributed by atoms with Crippen molar-refractivity contribution in [2.75, 3.05) is 6.61 Å². The van der Waals surface area contributed by atoms with Gasteiger partial charge < -0.3 is 14.3 Å². The lowest BCUT2D eigenvalue weighted by atomic mass is 10.1. The summed E-state index contributed by atoms with van der Waals surface area (Å²) in [5.74, 6) is 1.01. The summed E-state index contributed by atoms with van der Waals surface area (Å²) < 4.78 is 8.05. The number of aromatic amines is 1. The molecule has 0 spiro atoms. The first kappa shape index (κ1) is 16.1. The Bertz CT molecular complexity index is 844. The monoisotopic (exact) mass is 336 g/mol. The number of rotatable bonds is 5. The van der Waals surface area contributed by atoms with E-state index in [1.807, 2.05) is 24.5 Å². The van der Waals surface area contributed by atoms with Gasteiger partial charge in [-0.1, -0.05) is 37.3 Å². The van der Waals surface area contributed by atoms with Crippen LogP contribution in [0.3, 0.4) is 0 Å². The SMILES string of the molecule is CCc1nc(-c2c(-c3ccccc3)ncn2CC2CCCO2)c(C)[nH]1. The van der Waals surface area contributed by atoms with Crippen molar-refractivity contribution < 1.29 is 4.74 Å². The molecular formula is C20H24N4O. The van der Waals surface area contributed by atoms with Gasteiger partial charge in [0.25, 0.3) is 0 Å². The van der Waals surface area contributed by atoms with Gasteiger partial charge in [-0.3, -0.25) is 0 Å². The molecule has 0 aliphatic carbocycles. The summed E-state index contributed by atoms with van der Waals surface area (Å²) in [6, 6.07) is 10.3. The van der Waals surface area contributed by atoms with E-state index in [4.69, 9.17) is 14.7 Å². The first-order valence-electron chi connectivity index (χ1n) is 9.04. The smallest absolute Gasteiger partial charge is 0.110 e. The van der Waals surface area contributed by atoms with Gasteiger partial charge in [-0.15, -0.1) is 0 Å². The van der Waals surface area contributed by atoms with Crippen LogP contribution in [-0.4, -0.2) is 32.2 Å². The lowest BCUT2D eigenvalue weighted by Gasteiger charge is -2.14. The number of hydrogen-bond acceptors (Lipinski definition) is 3. The predicted molar refractivity (Wildman–Crippen MR) is 98.3 cm³/mol. The Kier molecular flexibility index (Phi) is 4.40. The third-order valence-corrected chi connectivity index (χ3v) is 4.80. The number of aryl methyl sites for hydroxylation is 2. The van der Waals surface area contributed by atoms with Gasteiger partial charge in [0.15, 0.2) is 0 Å². The Hall–Kier alpha value is -2.40. The Balaban J connectivity index is 1.82. The van der Waals surface area contributed by atoms with Gasteiger partial charge in [0.1, 0.15) is 11.5 Å². The zero-order valence-electron chi connectivity index (χ0n) is 14.8. The van der Waals surface area contributed by atoms with Crippen molar-refractivity contribution in [3.63, 3.8) is 0 Å². The molecule has 1 N–H and O–H groups in total. The molecule has 0 bridgehead atoms. The molecule has 0 amide bonds. The molecule has 1 aromatic carbocycles. The van der Waals surface area contributed by atoms with Crippen molar-refractivity contribution in [3.05, 3.63) is 48.2 Å². The van der Waals surface area contributed by atoms with Crippen LogP contribution in [0.4, 0.5) is 0 Å². The van der Waals surface area contributed by atoms with Gasteiger partial charge in [0.05, 0.1) is 30.4 Å². The van der Waals surface area contributed by atoms with E-state index in [0.717, 1.165) is 66.6 Å². The highest BCUT2D eigenvalue weighted by Crippen LogP contribution is 2.33. The molecule has 3 aromatic rings. The lowest BCUT2D eigenvalue weighted by Crippen LogP contribution is -2.15. The molecule has 25 heavy (non-hydrogen) atoms. The number of benzene rings is 1. The zero-order chi connectivity index (χ0) is 17.2. The molecule has 1 fully saturated rings. The van der Waals surface area contributed by atoms with E-state index in [-0.39, 0.29) is 6.10 Å². The minimum absolute atomic E-state index is 0.265. The van der Waals surface area contributed by atoms with Crippen LogP contribution in [0.1, 0.15) is 31.3 Å². The molecule has 1 aliphatic heterocycles. The topological polar surface area (TPSA) is 55.7 Å². The van der Waals surface area contributed by atoms with Gasteiger partial charge >= 0.3 is 0 Å². The second-order valence-corrected chi connectivity index (χ2v) is 6.61. The Morgan fingerprint density at radius 3 is 2.76 bits per heavy atom. The summed E-state index contributed by atoms with van der Waals surface area (Å²) >= 11 is 0. The Morgan fingerprint density at radius 1 is 1.24 bits per heavy atom. The van der Waals surface area contributed by atoms with Crippen LogP contribution in [0.5, 0.6) is 0 Å². The van der Waals surface area contributed by atoms with Gasteiger partial charge in [-0.05, 0) is 19.8 Å². The largest absolute Gasteiger partial charge is 0.376 e. The number of aromatic nitrogens is 4. The summed E-state index contributed by atoms with van der Waals surface area (Å²) in [6.45, 7) is 5.88. The van der Waals surface area contributed by atoms with Gasteiger partial charge in [-0.25, -0.2) is 9.97 Å². The highest BCUT2D eigenvalue weighted by molar-refractivity contribution is 5.77. The van der Waals surface area contributed by atoms with E-state index in [1.54, 1.807) is 0 Å². The maximum absolute atomic E-state index is 5.84. The first-order chi connectivity index (χ1) is 12.3. The van der Waals surface area contributed by atoms with Crippen molar-refractivity contribution in [1.82, 2.24) is 19.5 Å². The molecule has 1 atom stereocenters. The van der Waals surface area contributed by atoms with Gasteiger partial charge in [-0.2, -0.15) is 0 Å². The molecule has 0 saturated carbocycles. The van der Waals surface area contributed by atoms with Crippen LogP contribution >= 0.6 is 0 Å². The third kappa shape index (κ3) is 3.12. The van der Waals surface area contributed by atoms with E-state index in [2.05, 4.69) is 35.5 Å². The van der Waals surface area contributed by atoms with Crippen LogP contribution < -0.4 is 0 Å². The summed E-state index contributed by atoms with van der Waals surface area (Å²) in [5.41, 5.74) is 5.25. The molecule has 2 aromatic heterocycles. The fraction of sp³-hybridized carbons (Fsp3) is 0.400. The number of hydrogen-bond donors (Lipinski definition) is 1. The highest BCUT2D eigenvalue weighted by Gasteiger charge is 2.23. The number of nitrogens with zero attached hydrogens (tertiary/aromatic N) is 3. The third-order valence-electron chi connectivity index (χ3n) is 4.80. The van der Waals surface area contributed by atoms with Crippen molar-refractivity contribution in [1.29, 1.82) is 0 Å². The predicted octanol–water partition coefficient (Wildman–Crippen LogP) is 3.99. The quantitative estimate of drug-likeness (QED) is 0.766. The molecule has 1 saturated heterocycles. The molecular weight excluding hydrogens is 312 g/mol. The van der Waals surface area contributed by atoms with E-state index in [9.17, 15) is 0 Å². The maximum atomic E-state index is 5.84. The fourth-order valence-corrected chi connectivity index (χ4v) is 3.50. The standard InChI is InChI=1S/C20H24N4O/c1-3-17-22-14(2)18(23-17)20-19(15-8-5-4-6-9-15)21-13-24(20)12-16-10-7-11-25-16/h4-6,8-9,13,16H,3,7,10-12H2,1-2H3,(H,22,23). The minimum atomic E-state index is 0.265. The molecule has 0 radical (unpaired) electrons. The molecule has 5 nitrogen and oxygen atoms in total. The van der Waals surface area contributed by atoms with E-state index < -0.39 is 0 Å². The maximum Gasteiger partial charge on any atom is 0.110 e. The number of H-pyrrole nitrogens is 1. The number of nitrogens with one attached hydrogen (secondary N) is 1. The summed E-state index contributed by atoms with van der Waals surface area (Å²) in [6.07, 6.45) is 5.33. The van der Waals surface area contributed by atoms with Crippen molar-refractivity contribution >= 4 is 0 Å². The van der Waals surface area contributed by atoms with Gasteiger partial charge in [0, 0.05) is 24.3 Å². The van der Waals surface area contributed by atoms with E-state index in [1.165, 1.54) is 0 Å². The first-order valence-corrected chi connectivity index (χ1v) is 9.04. The zero-order valence-corrected chi connectivity index (χ0v) is 14.8. The van der Waals surface area contributed by atoms with Crippen LogP contribution in [0.25, 0.3) is 22.6 Å². The van der Waals surface area contributed by atoms with Crippen molar-refractivity contribution in [2.45, 2.75) is 45.8 Å². The molecule has 4 rings (SSSR count). The van der Waals surface area contributed by atoms with Crippen LogP contribution in [0.15, 0.2) is 36.7 Å². The Labute approximate surface area is 148 Å². The van der Waals surface area contributed by atoms with Crippen molar-refractivity contribution in [3.8, 4) is 22.6 Å². The molecule has 130 valence electrons. The van der Waals surface area contributed by atoms with E-state index in [0.29, 0.717) is 0 Å². The van der Waals surface area contributed by atoms with Crippen molar-refractivity contribution in [2.24, 2.45) is 0 Å². The molecule has 3 heterocycles. The fourth-order valence-electron chi connectivity index (χ4n) is 3.50. The second kappa shape index (κ2) is 6.84. The summed E-state index contributed by atoms with van der Waals surface area (Å²) in [7, 11) is 0. The van der Waals surface area contributed by atoms with E-state index >= 15 is 0 Å². The molecule has 1 aliphatic rings. The summed E-state index contributed by atoms with van der Waals surface area (Å²) in [5, 5.41) is 0. The average Bonchev–Trinajstić information content (AvgIpc) is 3.36. The normalized spacial score (nSPS) is 17.3. The second-order valence-electron chi connectivity index (χ2n) is 6.61. The van der Waals surface area contributed by atoms with Crippen LogP contribution in [0.2, 0.25) is 0 Å². The summed E-state index contributed by atoms with van der Waals surface area (Å²) in [4.78, 5) is 13.0. The highest BCUT2D eigenvalue weighted by atomic mass is 16.5. The number of ether oxygens (including phenoxy) is 1. The number of imidazole rings is 2. The molecule has 1 unspecified atom stereocenters. The minimum Gasteiger partial charge on any atom is -0.376 e. The van der Waals surface area contributed by atoms with Crippen LogP contribution in [-0.2, 0) is 17.7 Å². The van der Waals surface area contributed by atoms with Crippen LogP contribution in [0, 0.1) is 6.92 Å². The molecule has 5 heteroatoms. The average molecular weight is 336 g/mol. The lowest BCUT2D eigenvalue weighted by molar-refractivity contribution is 0.0973. The van der Waals surface area contributed by atoms with Gasteiger partial charge in [0.2, 0.25) is 0 Å².